The van der Waals surface area contributed by atoms with Gasteiger partial charge in [-0.1, -0.05) is 6.92 Å². The van der Waals surface area contributed by atoms with E-state index < -0.39 is 0 Å². The van der Waals surface area contributed by atoms with Gasteiger partial charge >= 0.3 is 0 Å². The summed E-state index contributed by atoms with van der Waals surface area (Å²) in [6.07, 6.45) is 0. The van der Waals surface area contributed by atoms with Gasteiger partial charge in [0.05, 0.1) is 66.1 Å². The molecule has 0 saturated heterocycles. The van der Waals surface area contributed by atoms with Crippen molar-refractivity contribution in [3.8, 4) is 0 Å². The summed E-state index contributed by atoms with van der Waals surface area (Å²) in [6, 6.07) is 0. The van der Waals surface area contributed by atoms with Gasteiger partial charge in [0.1, 0.15) is 0 Å². The van der Waals surface area contributed by atoms with Crippen LogP contribution in [0.4, 0.5) is 0 Å². The molecule has 0 fully saturated rings. The van der Waals surface area contributed by atoms with Crippen molar-refractivity contribution in [1.82, 2.24) is 0 Å². The molecule has 6 nitrogen and oxygen atoms in total. The maximum Gasteiger partial charge on any atom is 0.0701 e. The topological polar surface area (TPSA) is 77.4 Å². The van der Waals surface area contributed by atoms with Gasteiger partial charge in [0.15, 0.2) is 0 Å². The Morgan fingerprint density at radius 1 is 0.667 bits per heavy atom. The highest BCUT2D eigenvalue weighted by Crippen LogP contribution is 1.97. The minimum atomic E-state index is 0.0442. The molecule has 0 heterocycles. The molecule has 110 valence electrons. The highest BCUT2D eigenvalue weighted by Gasteiger charge is 2.02. The minimum absolute atomic E-state index is 0.0442. The molecule has 0 radical (unpaired) electrons. The maximum absolute atomic E-state index is 8.48. The zero-order valence-electron chi connectivity index (χ0n) is 11.2. The Labute approximate surface area is 109 Å². The van der Waals surface area contributed by atoms with Gasteiger partial charge in [-0.15, -0.1) is 0 Å². The van der Waals surface area contributed by atoms with Gasteiger partial charge in [-0.3, -0.25) is 0 Å². The molecule has 6 heteroatoms. The first-order chi connectivity index (χ1) is 8.81. The largest absolute Gasteiger partial charge is 0.394 e. The van der Waals surface area contributed by atoms with E-state index in [0.717, 1.165) is 0 Å². The average molecular weight is 266 g/mol. The molecule has 0 saturated carbocycles. The third-order valence-corrected chi connectivity index (χ3v) is 2.02. The van der Waals surface area contributed by atoms with Crippen LogP contribution in [0.25, 0.3) is 0 Å². The second kappa shape index (κ2) is 14.8. The molecule has 0 aliphatic rings. The van der Waals surface area contributed by atoms with Crippen LogP contribution in [0.3, 0.4) is 0 Å². The van der Waals surface area contributed by atoms with E-state index in [1.807, 2.05) is 6.92 Å². The number of ether oxygens (including phenoxy) is 4. The van der Waals surface area contributed by atoms with Crippen LogP contribution >= 0.6 is 0 Å². The van der Waals surface area contributed by atoms with Gasteiger partial charge < -0.3 is 29.2 Å². The van der Waals surface area contributed by atoms with Gasteiger partial charge in [0.25, 0.3) is 0 Å². The first-order valence-corrected chi connectivity index (χ1v) is 6.34. The normalized spacial score (nSPS) is 11.3. The van der Waals surface area contributed by atoms with Crippen LogP contribution in [0.1, 0.15) is 6.92 Å². The van der Waals surface area contributed by atoms with Crippen LogP contribution in [-0.4, -0.2) is 76.3 Å². The van der Waals surface area contributed by atoms with Crippen molar-refractivity contribution in [2.24, 2.45) is 5.92 Å². The van der Waals surface area contributed by atoms with E-state index in [9.17, 15) is 0 Å². The third kappa shape index (κ3) is 13.8. The van der Waals surface area contributed by atoms with Crippen LogP contribution in [0.2, 0.25) is 0 Å². The first kappa shape index (κ1) is 17.8. The number of rotatable bonds is 14. The Hall–Kier alpha value is -0.240. The lowest BCUT2D eigenvalue weighted by Crippen LogP contribution is -2.17. The van der Waals surface area contributed by atoms with Gasteiger partial charge in [-0.05, 0) is 0 Å². The van der Waals surface area contributed by atoms with Crippen LogP contribution in [0.15, 0.2) is 0 Å². The van der Waals surface area contributed by atoms with Gasteiger partial charge in [0, 0.05) is 5.92 Å². The highest BCUT2D eigenvalue weighted by molar-refractivity contribution is 4.48. The van der Waals surface area contributed by atoms with E-state index in [1.165, 1.54) is 0 Å². The molecule has 0 spiro atoms. The van der Waals surface area contributed by atoms with Crippen LogP contribution in [0.5, 0.6) is 0 Å². The van der Waals surface area contributed by atoms with Crippen molar-refractivity contribution in [2.75, 3.05) is 66.1 Å². The van der Waals surface area contributed by atoms with E-state index >= 15 is 0 Å². The smallest absolute Gasteiger partial charge is 0.0701 e. The van der Waals surface area contributed by atoms with Crippen molar-refractivity contribution in [1.29, 1.82) is 0 Å². The lowest BCUT2D eigenvalue weighted by molar-refractivity contribution is -0.00601. The van der Waals surface area contributed by atoms with E-state index in [4.69, 9.17) is 29.2 Å². The number of hydrogen-bond donors (Lipinski definition) is 2. The van der Waals surface area contributed by atoms with Crippen molar-refractivity contribution in [3.63, 3.8) is 0 Å². The molecule has 0 amide bonds. The summed E-state index contributed by atoms with van der Waals surface area (Å²) in [5.74, 6) is 0.320. The molecule has 0 aliphatic heterocycles. The first-order valence-electron chi connectivity index (χ1n) is 6.34. The quantitative estimate of drug-likeness (QED) is 0.419. The molecular weight excluding hydrogens is 240 g/mol. The zero-order chi connectivity index (χ0) is 13.5. The summed E-state index contributed by atoms with van der Waals surface area (Å²) >= 11 is 0. The number of aliphatic hydroxyl groups is 2. The van der Waals surface area contributed by atoms with E-state index in [-0.39, 0.29) is 13.2 Å². The molecule has 0 aromatic carbocycles. The lowest BCUT2D eigenvalue weighted by Gasteiger charge is -2.12. The lowest BCUT2D eigenvalue weighted by atomic mass is 10.2. The molecule has 18 heavy (non-hydrogen) atoms. The summed E-state index contributed by atoms with van der Waals surface area (Å²) < 4.78 is 20.9. The van der Waals surface area contributed by atoms with Crippen LogP contribution in [0, 0.1) is 5.92 Å². The van der Waals surface area contributed by atoms with Crippen LogP contribution < -0.4 is 0 Å². The summed E-state index contributed by atoms with van der Waals surface area (Å²) in [4.78, 5) is 0. The minimum Gasteiger partial charge on any atom is -0.394 e. The number of aliphatic hydroxyl groups excluding tert-OH is 2. The molecule has 0 atom stereocenters. The molecule has 0 aliphatic carbocycles. The SMILES string of the molecule is CC(COCCOCCO)COCCOCCO. The summed E-state index contributed by atoms with van der Waals surface area (Å²) in [7, 11) is 0. The average Bonchev–Trinajstić information content (AvgIpc) is 2.38. The van der Waals surface area contributed by atoms with E-state index in [1.54, 1.807) is 0 Å². The van der Waals surface area contributed by atoms with Crippen LogP contribution in [-0.2, 0) is 18.9 Å². The Bertz CT molecular complexity index is 140. The molecule has 2 N–H and O–H groups in total. The van der Waals surface area contributed by atoms with Gasteiger partial charge in [-0.2, -0.15) is 0 Å². The molecule has 0 rings (SSSR count). The Morgan fingerprint density at radius 3 is 1.44 bits per heavy atom. The fourth-order valence-corrected chi connectivity index (χ4v) is 1.19. The zero-order valence-corrected chi connectivity index (χ0v) is 11.2. The molecular formula is C12H26O6. The fraction of sp³-hybridized carbons (Fsp3) is 1.00. The standard InChI is InChI=1S/C12H26O6/c1-12(10-17-8-6-15-4-2-13)11-18-9-7-16-5-3-14/h12-14H,2-11H2,1H3. The Balaban J connectivity index is 3.10. The maximum atomic E-state index is 8.48. The van der Waals surface area contributed by atoms with Crippen molar-refractivity contribution in [3.05, 3.63) is 0 Å². The third-order valence-electron chi connectivity index (χ3n) is 2.02. The summed E-state index contributed by atoms with van der Waals surface area (Å²) in [5, 5.41) is 17.0. The van der Waals surface area contributed by atoms with Crippen molar-refractivity contribution >= 4 is 0 Å². The highest BCUT2D eigenvalue weighted by atomic mass is 16.5. The Kier molecular flexibility index (Phi) is 14.6. The fourth-order valence-electron chi connectivity index (χ4n) is 1.19. The summed E-state index contributed by atoms with van der Waals surface area (Å²) in [5.41, 5.74) is 0. The Morgan fingerprint density at radius 2 is 1.06 bits per heavy atom. The van der Waals surface area contributed by atoms with E-state index in [2.05, 4.69) is 0 Å². The molecule has 0 bridgehead atoms. The number of hydrogen-bond acceptors (Lipinski definition) is 6. The molecule has 0 unspecified atom stereocenters. The predicted octanol–water partition coefficient (Wildman–Crippen LogP) is -0.326. The predicted molar refractivity (Wildman–Crippen MR) is 66.6 cm³/mol. The van der Waals surface area contributed by atoms with E-state index in [0.29, 0.717) is 58.8 Å². The van der Waals surface area contributed by atoms with Crippen molar-refractivity contribution in [2.45, 2.75) is 6.92 Å². The second-order valence-electron chi connectivity index (χ2n) is 3.93. The summed E-state index contributed by atoms with van der Waals surface area (Å²) in [6.45, 7) is 6.17. The molecule has 0 aromatic rings. The van der Waals surface area contributed by atoms with Crippen molar-refractivity contribution < 1.29 is 29.2 Å². The van der Waals surface area contributed by atoms with Gasteiger partial charge in [0.2, 0.25) is 0 Å². The second-order valence-corrected chi connectivity index (χ2v) is 3.93. The van der Waals surface area contributed by atoms with Gasteiger partial charge in [-0.25, -0.2) is 0 Å². The molecule has 0 aromatic heterocycles. The monoisotopic (exact) mass is 266 g/mol.